The summed E-state index contributed by atoms with van der Waals surface area (Å²) in [4.78, 5) is 6.78. The fourth-order valence-electron chi connectivity index (χ4n) is 3.85. The van der Waals surface area contributed by atoms with Gasteiger partial charge >= 0.3 is 0 Å². The average molecular weight is 313 g/mol. The molecule has 0 saturated carbocycles. The van der Waals surface area contributed by atoms with Crippen molar-refractivity contribution in [3.05, 3.63) is 48.0 Å². The molecule has 124 valence electrons. The van der Waals surface area contributed by atoms with Gasteiger partial charge < -0.3 is 14.6 Å². The lowest BCUT2D eigenvalue weighted by Gasteiger charge is -2.47. The van der Waals surface area contributed by atoms with Crippen molar-refractivity contribution < 1.29 is 5.11 Å². The number of anilines is 1. The number of benzene rings is 1. The van der Waals surface area contributed by atoms with Gasteiger partial charge in [-0.3, -0.25) is 0 Å². The predicted octanol–water partition coefficient (Wildman–Crippen LogP) is 3.61. The molecule has 1 atom stereocenters. The molecule has 1 aliphatic rings. The summed E-state index contributed by atoms with van der Waals surface area (Å²) >= 11 is 0. The first-order valence-electron chi connectivity index (χ1n) is 8.54. The third kappa shape index (κ3) is 2.88. The number of aliphatic hydroxyl groups excluding tert-OH is 1. The van der Waals surface area contributed by atoms with Crippen LogP contribution in [-0.2, 0) is 6.61 Å². The number of para-hydroxylation sites is 1. The van der Waals surface area contributed by atoms with Gasteiger partial charge in [-0.05, 0) is 18.1 Å². The normalized spacial score (nSPS) is 19.7. The third-order valence-corrected chi connectivity index (χ3v) is 4.88. The van der Waals surface area contributed by atoms with Gasteiger partial charge in [-0.2, -0.15) is 0 Å². The van der Waals surface area contributed by atoms with Crippen LogP contribution in [0, 0.1) is 5.41 Å². The zero-order chi connectivity index (χ0) is 16.4. The first-order chi connectivity index (χ1) is 11.1. The molecule has 1 unspecified atom stereocenters. The highest BCUT2D eigenvalue weighted by atomic mass is 16.3. The predicted molar refractivity (Wildman–Crippen MR) is 93.6 cm³/mol. The minimum Gasteiger partial charge on any atom is -0.390 e. The maximum atomic E-state index is 9.65. The van der Waals surface area contributed by atoms with Gasteiger partial charge in [-0.15, -0.1) is 0 Å². The minimum absolute atomic E-state index is 0.0221. The molecule has 0 spiro atoms. The number of hydrogen-bond acceptors (Lipinski definition) is 3. The van der Waals surface area contributed by atoms with Crippen molar-refractivity contribution in [2.75, 3.05) is 18.0 Å². The molecule has 23 heavy (non-hydrogen) atoms. The molecule has 0 aliphatic carbocycles. The monoisotopic (exact) mass is 313 g/mol. The number of nitrogens with zero attached hydrogens (tertiary/aromatic N) is 3. The highest BCUT2D eigenvalue weighted by Gasteiger charge is 2.40. The molecule has 1 aromatic carbocycles. The van der Waals surface area contributed by atoms with Crippen LogP contribution >= 0.6 is 0 Å². The number of hydrogen-bond donors (Lipinski definition) is 1. The van der Waals surface area contributed by atoms with Gasteiger partial charge in [-0.1, -0.05) is 45.4 Å². The highest BCUT2D eigenvalue weighted by Crippen LogP contribution is 2.46. The molecule has 0 bridgehead atoms. The van der Waals surface area contributed by atoms with Crippen LogP contribution in [0.3, 0.4) is 0 Å². The molecule has 2 heterocycles. The first kappa shape index (κ1) is 16.1. The average Bonchev–Trinajstić information content (AvgIpc) is 2.99. The summed E-state index contributed by atoms with van der Waals surface area (Å²) in [6, 6.07) is 8.87. The summed E-state index contributed by atoms with van der Waals surface area (Å²) in [5.74, 6) is 0. The minimum atomic E-state index is 0.0221. The molecule has 1 aliphatic heterocycles. The Balaban J connectivity index is 2.08. The maximum Gasteiger partial charge on any atom is 0.0954 e. The molecular formula is C19H27N3O. The Kier molecular flexibility index (Phi) is 4.44. The van der Waals surface area contributed by atoms with Crippen LogP contribution in [-0.4, -0.2) is 27.7 Å². The largest absolute Gasteiger partial charge is 0.390 e. The van der Waals surface area contributed by atoms with Crippen molar-refractivity contribution in [2.45, 2.75) is 46.3 Å². The summed E-state index contributed by atoms with van der Waals surface area (Å²) in [5, 5.41) is 9.65. The van der Waals surface area contributed by atoms with Crippen LogP contribution in [0.25, 0.3) is 0 Å². The molecule has 4 heteroatoms. The van der Waals surface area contributed by atoms with E-state index >= 15 is 0 Å². The molecular weight excluding hydrogens is 286 g/mol. The van der Waals surface area contributed by atoms with Gasteiger partial charge in [0.05, 0.1) is 30.9 Å². The fraction of sp³-hybridized carbons (Fsp3) is 0.526. The van der Waals surface area contributed by atoms with Crippen molar-refractivity contribution in [3.8, 4) is 0 Å². The number of aromatic nitrogens is 2. The van der Waals surface area contributed by atoms with E-state index in [-0.39, 0.29) is 18.1 Å². The zero-order valence-corrected chi connectivity index (χ0v) is 14.4. The van der Waals surface area contributed by atoms with Crippen LogP contribution in [0.2, 0.25) is 0 Å². The number of rotatable bonds is 5. The lowest BCUT2D eigenvalue weighted by molar-refractivity contribution is 0.219. The van der Waals surface area contributed by atoms with Crippen LogP contribution in [0.5, 0.6) is 0 Å². The van der Waals surface area contributed by atoms with Gasteiger partial charge in [0.2, 0.25) is 0 Å². The van der Waals surface area contributed by atoms with Crippen molar-refractivity contribution in [2.24, 2.45) is 5.41 Å². The zero-order valence-electron chi connectivity index (χ0n) is 14.4. The van der Waals surface area contributed by atoms with Crippen LogP contribution < -0.4 is 4.90 Å². The second-order valence-electron chi connectivity index (χ2n) is 7.18. The van der Waals surface area contributed by atoms with E-state index in [2.05, 4.69) is 59.5 Å². The first-order valence-corrected chi connectivity index (χ1v) is 8.54. The highest BCUT2D eigenvalue weighted by molar-refractivity contribution is 5.58. The summed E-state index contributed by atoms with van der Waals surface area (Å²) in [6.45, 7) is 9.00. The van der Waals surface area contributed by atoms with E-state index < -0.39 is 0 Å². The molecule has 2 aromatic rings. The fourth-order valence-corrected chi connectivity index (χ4v) is 3.85. The van der Waals surface area contributed by atoms with Gasteiger partial charge in [-0.25, -0.2) is 4.98 Å². The Morgan fingerprint density at radius 3 is 2.83 bits per heavy atom. The molecule has 1 N–H and O–H groups in total. The Bertz CT molecular complexity index is 662. The smallest absolute Gasteiger partial charge is 0.0954 e. The Hall–Kier alpha value is -1.81. The summed E-state index contributed by atoms with van der Waals surface area (Å²) < 4.78 is 2.15. The number of aliphatic hydroxyl groups is 1. The summed E-state index contributed by atoms with van der Waals surface area (Å²) in [5.41, 5.74) is 3.59. The topological polar surface area (TPSA) is 41.3 Å². The van der Waals surface area contributed by atoms with E-state index in [4.69, 9.17) is 0 Å². The van der Waals surface area contributed by atoms with E-state index in [9.17, 15) is 5.11 Å². The van der Waals surface area contributed by atoms with Crippen molar-refractivity contribution >= 4 is 5.69 Å². The van der Waals surface area contributed by atoms with E-state index in [0.29, 0.717) is 0 Å². The van der Waals surface area contributed by atoms with E-state index in [1.54, 1.807) is 6.20 Å². The van der Waals surface area contributed by atoms with Crippen molar-refractivity contribution in [1.29, 1.82) is 0 Å². The Morgan fingerprint density at radius 1 is 1.30 bits per heavy atom. The third-order valence-electron chi connectivity index (χ3n) is 4.88. The number of imidazole rings is 1. The van der Waals surface area contributed by atoms with Gasteiger partial charge in [0.1, 0.15) is 0 Å². The molecule has 3 rings (SSSR count). The maximum absolute atomic E-state index is 9.65. The van der Waals surface area contributed by atoms with Crippen LogP contribution in [0.1, 0.15) is 50.9 Å². The SMILES string of the molecule is CCCCN1CC(C)(C)C(n2cncc2CO)c2ccccc21. The molecule has 4 nitrogen and oxygen atoms in total. The Labute approximate surface area is 138 Å². The second kappa shape index (κ2) is 6.36. The molecule has 0 amide bonds. The summed E-state index contributed by atoms with van der Waals surface area (Å²) in [6.07, 6.45) is 6.04. The van der Waals surface area contributed by atoms with Gasteiger partial charge in [0.15, 0.2) is 0 Å². The van der Waals surface area contributed by atoms with Crippen molar-refractivity contribution in [3.63, 3.8) is 0 Å². The quantitative estimate of drug-likeness (QED) is 0.917. The second-order valence-corrected chi connectivity index (χ2v) is 7.18. The molecule has 0 saturated heterocycles. The Morgan fingerprint density at radius 2 is 2.09 bits per heavy atom. The van der Waals surface area contributed by atoms with Crippen LogP contribution in [0.15, 0.2) is 36.8 Å². The van der Waals surface area contributed by atoms with Gasteiger partial charge in [0.25, 0.3) is 0 Å². The van der Waals surface area contributed by atoms with E-state index in [1.807, 2.05) is 6.33 Å². The standard InChI is InChI=1S/C19H27N3O/c1-4-5-10-21-13-19(2,3)18(16-8-6-7-9-17(16)21)22-14-20-11-15(22)12-23/h6-9,11,14,18,23H,4-5,10,12-13H2,1-3H3. The van der Waals surface area contributed by atoms with Crippen molar-refractivity contribution in [1.82, 2.24) is 9.55 Å². The lowest BCUT2D eigenvalue weighted by atomic mass is 9.75. The molecule has 0 radical (unpaired) electrons. The van der Waals surface area contributed by atoms with E-state index in [0.717, 1.165) is 18.8 Å². The number of unbranched alkanes of at least 4 members (excludes halogenated alkanes) is 1. The number of fused-ring (bicyclic) bond motifs is 1. The van der Waals surface area contributed by atoms with Gasteiger partial charge in [0, 0.05) is 24.2 Å². The summed E-state index contributed by atoms with van der Waals surface area (Å²) in [7, 11) is 0. The van der Waals surface area contributed by atoms with Crippen LogP contribution in [0.4, 0.5) is 5.69 Å². The lowest BCUT2D eigenvalue weighted by Crippen LogP contribution is -2.46. The molecule has 0 fully saturated rings. The van der Waals surface area contributed by atoms with E-state index in [1.165, 1.54) is 24.1 Å². The molecule has 1 aromatic heterocycles.